The molecule has 10 unspecified atom stereocenters. The van der Waals surface area contributed by atoms with Gasteiger partial charge in [-0.25, -0.2) is 0 Å². The first kappa shape index (κ1) is 47.2. The van der Waals surface area contributed by atoms with Crippen LogP contribution in [0.2, 0.25) is 0 Å². The molecule has 0 saturated carbocycles. The van der Waals surface area contributed by atoms with E-state index in [0.717, 1.165) is 0 Å². The lowest BCUT2D eigenvalue weighted by molar-refractivity contribution is -0.401. The fourth-order valence-electron chi connectivity index (χ4n) is 7.85. The second kappa shape index (κ2) is 19.0. The van der Waals surface area contributed by atoms with Crippen LogP contribution in [-0.4, -0.2) is 233 Å². The van der Waals surface area contributed by atoms with E-state index >= 15 is 0 Å². The molecule has 5 aliphatic rings. The van der Waals surface area contributed by atoms with Crippen molar-refractivity contribution in [1.82, 2.24) is 0 Å². The van der Waals surface area contributed by atoms with Crippen LogP contribution >= 0.6 is 0 Å². The number of ether oxygens (including phenoxy) is 9. The Labute approximate surface area is 328 Å². The van der Waals surface area contributed by atoms with Crippen molar-refractivity contribution in [1.29, 1.82) is 0 Å². The predicted octanol–water partition coefficient (Wildman–Crippen LogP) is -6.50. The zero-order chi connectivity index (χ0) is 42.4. The minimum atomic E-state index is -1.92. The molecular formula is C35H62O22. The molecule has 334 valence electrons. The first-order valence-corrected chi connectivity index (χ1v) is 19.2. The van der Waals surface area contributed by atoms with E-state index in [9.17, 15) is 66.4 Å². The Bertz CT molecular complexity index is 1260. The molecule has 22 nitrogen and oxygen atoms in total. The molecule has 13 N–H and O–H groups in total. The zero-order valence-electron chi connectivity index (χ0n) is 32.5. The van der Waals surface area contributed by atoms with E-state index < -0.39 is 178 Å². The Balaban J connectivity index is 1.49. The minimum Gasteiger partial charge on any atom is -0.394 e. The van der Waals surface area contributed by atoms with E-state index in [1.165, 1.54) is 20.8 Å². The molecule has 0 aromatic carbocycles. The smallest absolute Gasteiger partial charge is 0.187 e. The van der Waals surface area contributed by atoms with E-state index in [2.05, 4.69) is 0 Å². The summed E-state index contributed by atoms with van der Waals surface area (Å²) in [5, 5.41) is 139. The van der Waals surface area contributed by atoms with Crippen LogP contribution in [0, 0.1) is 11.3 Å². The third kappa shape index (κ3) is 9.62. The molecule has 5 aliphatic heterocycles. The van der Waals surface area contributed by atoms with Crippen molar-refractivity contribution in [2.75, 3.05) is 19.8 Å². The summed E-state index contributed by atoms with van der Waals surface area (Å²) in [6, 6.07) is 0. The van der Waals surface area contributed by atoms with Crippen LogP contribution < -0.4 is 0 Å². The summed E-state index contributed by atoms with van der Waals surface area (Å²) >= 11 is 0. The van der Waals surface area contributed by atoms with Crippen LogP contribution in [0.4, 0.5) is 0 Å². The summed E-state index contributed by atoms with van der Waals surface area (Å²) in [4.78, 5) is 0. The topological polar surface area (TPSA) is 346 Å². The lowest BCUT2D eigenvalue weighted by Gasteiger charge is -2.52. The molecule has 5 fully saturated rings. The largest absolute Gasteiger partial charge is 0.394 e. The quantitative estimate of drug-likeness (QED) is 0.0920. The minimum absolute atomic E-state index is 0.632. The van der Waals surface area contributed by atoms with Gasteiger partial charge in [0.1, 0.15) is 97.7 Å². The van der Waals surface area contributed by atoms with Crippen molar-refractivity contribution in [3.8, 4) is 0 Å². The van der Waals surface area contributed by atoms with Crippen LogP contribution in [-0.2, 0) is 42.6 Å². The standard InChI is InChI=1S/C35H62O22/c1-10-26(54-32-23(46)20(43)16(39)11(2)49-32)27(15(9-38)53-31(10)56-28-19(42)14(8-37)51-30(25(28)48)35(4,5)6)55-34-29(22(45)18(41)13(7-36)52-34)57-33-24(47)21(44)17(40)12(3)50-33/h10-34,36-48H,7-9H2,1-6H3/t10?,11?,12?,13?,14?,15?,16-,17-,18+,19+,20?,21+,22+,23-,24?,25?,26+,27-,28+,29?,30-,31+,32+,33+,34+/m1/s1. The van der Waals surface area contributed by atoms with Crippen molar-refractivity contribution >= 4 is 0 Å². The second-order valence-corrected chi connectivity index (χ2v) is 16.7. The maximum absolute atomic E-state index is 11.4. The van der Waals surface area contributed by atoms with Crippen LogP contribution in [0.15, 0.2) is 0 Å². The second-order valence-electron chi connectivity index (χ2n) is 16.7. The van der Waals surface area contributed by atoms with Crippen LogP contribution in [0.3, 0.4) is 0 Å². The average Bonchev–Trinajstić information content (AvgIpc) is 3.16. The van der Waals surface area contributed by atoms with Crippen LogP contribution in [0.25, 0.3) is 0 Å². The lowest BCUT2D eigenvalue weighted by Crippen LogP contribution is -2.68. The van der Waals surface area contributed by atoms with Gasteiger partial charge in [0.05, 0.1) is 44.2 Å². The van der Waals surface area contributed by atoms with Gasteiger partial charge < -0.3 is 109 Å². The molecule has 0 spiro atoms. The maximum Gasteiger partial charge on any atom is 0.187 e. The highest BCUT2D eigenvalue weighted by atomic mass is 16.8. The van der Waals surface area contributed by atoms with Gasteiger partial charge >= 0.3 is 0 Å². The highest BCUT2D eigenvalue weighted by molar-refractivity contribution is 5.00. The van der Waals surface area contributed by atoms with E-state index in [0.29, 0.717) is 0 Å². The van der Waals surface area contributed by atoms with Crippen molar-refractivity contribution < 1.29 is 109 Å². The van der Waals surface area contributed by atoms with Crippen molar-refractivity contribution in [3.05, 3.63) is 0 Å². The summed E-state index contributed by atoms with van der Waals surface area (Å²) in [5.41, 5.74) is -0.708. The number of rotatable bonds is 11. The SMILES string of the molecule is CC1O[C@@H](O[C@H]2C(C)[C@H](O[C@@H]3C(O)[C@H](C(C)(C)C)OC(CO)[C@@H]3O)OC(CO)[C@H]2O[C@@H]2OC(CO)[C@H](O)[C@H](O)C2O[C@@H]2OC(C)[C@@H](O)[C@H](O)C2O)[C@H](O)C(O)[C@@H]1O. The average molecular weight is 835 g/mol. The number of hydrogen-bond donors (Lipinski definition) is 13. The van der Waals surface area contributed by atoms with Crippen LogP contribution in [0.1, 0.15) is 41.5 Å². The molecule has 22 heteroatoms. The molecule has 0 aromatic heterocycles. The Hall–Kier alpha value is -0.880. The molecule has 0 bridgehead atoms. The summed E-state index contributed by atoms with van der Waals surface area (Å²) in [7, 11) is 0. The third-order valence-electron chi connectivity index (χ3n) is 11.5. The van der Waals surface area contributed by atoms with Gasteiger partial charge in [0, 0.05) is 5.92 Å². The van der Waals surface area contributed by atoms with Gasteiger partial charge in [-0.05, 0) is 19.3 Å². The van der Waals surface area contributed by atoms with Crippen molar-refractivity contribution in [2.24, 2.45) is 11.3 Å². The van der Waals surface area contributed by atoms with E-state index in [1.54, 1.807) is 20.8 Å². The molecule has 0 aliphatic carbocycles. The van der Waals surface area contributed by atoms with Gasteiger partial charge in [-0.15, -0.1) is 0 Å². The predicted molar refractivity (Wildman–Crippen MR) is 184 cm³/mol. The number of aliphatic hydroxyl groups excluding tert-OH is 13. The normalized spacial score (nSPS) is 52.8. The van der Waals surface area contributed by atoms with Gasteiger partial charge in [0.25, 0.3) is 0 Å². The monoisotopic (exact) mass is 834 g/mol. The number of aliphatic hydroxyl groups is 13. The van der Waals surface area contributed by atoms with Crippen molar-refractivity contribution in [2.45, 2.75) is 189 Å². The molecule has 5 heterocycles. The molecular weight excluding hydrogens is 772 g/mol. The first-order chi connectivity index (χ1) is 26.7. The van der Waals surface area contributed by atoms with Gasteiger partial charge in [-0.2, -0.15) is 0 Å². The molecule has 5 saturated heterocycles. The Kier molecular flexibility index (Phi) is 15.7. The fourth-order valence-corrected chi connectivity index (χ4v) is 7.85. The summed E-state index contributed by atoms with van der Waals surface area (Å²) < 4.78 is 53.7. The Morgan fingerprint density at radius 2 is 0.825 bits per heavy atom. The molecule has 0 radical (unpaired) electrons. The highest BCUT2D eigenvalue weighted by Gasteiger charge is 2.57. The lowest BCUT2D eigenvalue weighted by atomic mass is 9.80. The maximum atomic E-state index is 11.4. The molecule has 57 heavy (non-hydrogen) atoms. The molecule has 5 rings (SSSR count). The van der Waals surface area contributed by atoms with E-state index in [4.69, 9.17) is 42.6 Å². The Morgan fingerprint density at radius 1 is 0.386 bits per heavy atom. The summed E-state index contributed by atoms with van der Waals surface area (Å²) in [5.74, 6) is -1.08. The van der Waals surface area contributed by atoms with Gasteiger partial charge in [-0.1, -0.05) is 27.7 Å². The summed E-state index contributed by atoms with van der Waals surface area (Å²) in [6.07, 6.45) is -37.2. The van der Waals surface area contributed by atoms with Crippen LogP contribution in [0.5, 0.6) is 0 Å². The van der Waals surface area contributed by atoms with Crippen molar-refractivity contribution in [3.63, 3.8) is 0 Å². The number of hydrogen-bond acceptors (Lipinski definition) is 22. The van der Waals surface area contributed by atoms with E-state index in [1.807, 2.05) is 0 Å². The molecule has 0 amide bonds. The zero-order valence-corrected chi connectivity index (χ0v) is 32.5. The Morgan fingerprint density at radius 3 is 1.32 bits per heavy atom. The van der Waals surface area contributed by atoms with Gasteiger partial charge in [0.15, 0.2) is 25.2 Å². The van der Waals surface area contributed by atoms with Gasteiger partial charge in [-0.3, -0.25) is 0 Å². The molecule has 0 aromatic rings. The highest BCUT2D eigenvalue weighted by Crippen LogP contribution is 2.40. The first-order valence-electron chi connectivity index (χ1n) is 19.2. The summed E-state index contributed by atoms with van der Waals surface area (Å²) in [6.45, 7) is 7.29. The fraction of sp³-hybridized carbons (Fsp3) is 1.00. The van der Waals surface area contributed by atoms with Gasteiger partial charge in [0.2, 0.25) is 0 Å². The third-order valence-corrected chi connectivity index (χ3v) is 11.5. The molecule has 25 atom stereocenters. The van der Waals surface area contributed by atoms with E-state index in [-0.39, 0.29) is 0 Å².